The molecule has 0 nitrogen and oxygen atoms in total. The Morgan fingerprint density at radius 3 is 1.95 bits per heavy atom. The van der Waals surface area contributed by atoms with Gasteiger partial charge in [0.05, 0.1) is 0 Å². The molecule has 0 N–H and O–H groups in total. The van der Waals surface area contributed by atoms with E-state index >= 15 is 0 Å². The number of alkyl halides is 1. The maximum Gasteiger partial charge on any atom is 0.159 e. The molecule has 2 aliphatic rings. The molecule has 0 spiro atoms. The minimum Gasteiger partial charge on any atom is -0.204 e. The van der Waals surface area contributed by atoms with Crippen LogP contribution in [0.1, 0.15) is 62.8 Å². The first kappa shape index (κ1) is 16.4. The first-order chi connectivity index (χ1) is 10.7. The van der Waals surface area contributed by atoms with Crippen LogP contribution in [0.2, 0.25) is 0 Å². The highest BCUT2D eigenvalue weighted by Gasteiger charge is 2.31. The highest BCUT2D eigenvalue weighted by molar-refractivity contribution is 9.09. The molecule has 122 valence electrons. The molecule has 0 aliphatic heterocycles. The van der Waals surface area contributed by atoms with Crippen molar-refractivity contribution in [3.63, 3.8) is 0 Å². The molecule has 0 aromatic heterocycles. The molecule has 2 saturated carbocycles. The van der Waals surface area contributed by atoms with E-state index in [4.69, 9.17) is 0 Å². The summed E-state index contributed by atoms with van der Waals surface area (Å²) < 4.78 is 26.4. The van der Waals surface area contributed by atoms with Crippen molar-refractivity contribution < 1.29 is 8.78 Å². The van der Waals surface area contributed by atoms with Crippen molar-refractivity contribution in [3.8, 4) is 0 Å². The summed E-state index contributed by atoms with van der Waals surface area (Å²) in [6.07, 6.45) is 10.3. The van der Waals surface area contributed by atoms with E-state index in [9.17, 15) is 8.78 Å². The van der Waals surface area contributed by atoms with Gasteiger partial charge in [0.2, 0.25) is 0 Å². The van der Waals surface area contributed by atoms with Crippen molar-refractivity contribution in [3.05, 3.63) is 35.4 Å². The number of hydrogen-bond acceptors (Lipinski definition) is 0. The van der Waals surface area contributed by atoms with Gasteiger partial charge < -0.3 is 0 Å². The molecular formula is C19H25BrF2. The van der Waals surface area contributed by atoms with E-state index in [0.29, 0.717) is 5.92 Å². The van der Waals surface area contributed by atoms with E-state index in [0.717, 1.165) is 41.5 Å². The Kier molecular flexibility index (Phi) is 5.54. The Hall–Kier alpha value is -0.440. The van der Waals surface area contributed by atoms with Gasteiger partial charge in [-0.05, 0) is 92.7 Å². The van der Waals surface area contributed by atoms with Crippen LogP contribution in [0.25, 0.3) is 0 Å². The standard InChI is InChI=1S/C19H25BrF2/c20-12-13-1-3-14(4-2-13)15-5-7-16(8-6-15)17-9-10-18(21)19(22)11-17/h9-11,13-16H,1-8,12H2. The van der Waals surface area contributed by atoms with Crippen molar-refractivity contribution >= 4 is 15.9 Å². The molecule has 0 amide bonds. The lowest BCUT2D eigenvalue weighted by atomic mass is 9.68. The second-order valence-electron chi connectivity index (χ2n) is 7.22. The third kappa shape index (κ3) is 3.72. The van der Waals surface area contributed by atoms with E-state index in [-0.39, 0.29) is 0 Å². The second kappa shape index (κ2) is 7.42. The van der Waals surface area contributed by atoms with Crippen LogP contribution in [-0.2, 0) is 0 Å². The van der Waals surface area contributed by atoms with Gasteiger partial charge in [-0.15, -0.1) is 0 Å². The highest BCUT2D eigenvalue weighted by atomic mass is 79.9. The molecule has 0 saturated heterocycles. The number of halogens is 3. The largest absolute Gasteiger partial charge is 0.204 e. The molecule has 2 aliphatic carbocycles. The Labute approximate surface area is 140 Å². The van der Waals surface area contributed by atoms with E-state index in [1.165, 1.54) is 50.7 Å². The molecule has 0 atom stereocenters. The Balaban J connectivity index is 1.53. The summed E-state index contributed by atoms with van der Waals surface area (Å²) in [4.78, 5) is 0. The minimum absolute atomic E-state index is 0.422. The lowest BCUT2D eigenvalue weighted by Gasteiger charge is -2.37. The maximum atomic E-state index is 13.4. The van der Waals surface area contributed by atoms with Gasteiger partial charge in [0.1, 0.15) is 0 Å². The van der Waals surface area contributed by atoms with Gasteiger partial charge >= 0.3 is 0 Å². The number of benzene rings is 1. The predicted molar refractivity (Wildman–Crippen MR) is 90.3 cm³/mol. The minimum atomic E-state index is -0.735. The van der Waals surface area contributed by atoms with Crippen LogP contribution in [0.4, 0.5) is 8.78 Å². The van der Waals surface area contributed by atoms with Crippen LogP contribution in [0.3, 0.4) is 0 Å². The van der Waals surface area contributed by atoms with Crippen LogP contribution in [-0.4, -0.2) is 5.33 Å². The molecule has 22 heavy (non-hydrogen) atoms. The van der Waals surface area contributed by atoms with Gasteiger partial charge in [-0.1, -0.05) is 22.0 Å². The van der Waals surface area contributed by atoms with Crippen molar-refractivity contribution in [2.75, 3.05) is 5.33 Å². The van der Waals surface area contributed by atoms with Gasteiger partial charge in [-0.25, -0.2) is 8.78 Å². The van der Waals surface area contributed by atoms with Gasteiger partial charge in [-0.2, -0.15) is 0 Å². The normalized spacial score (nSPS) is 32.9. The Bertz CT molecular complexity index is 486. The van der Waals surface area contributed by atoms with E-state index in [2.05, 4.69) is 15.9 Å². The molecule has 1 aromatic rings. The van der Waals surface area contributed by atoms with Gasteiger partial charge in [0, 0.05) is 5.33 Å². The fraction of sp³-hybridized carbons (Fsp3) is 0.684. The molecule has 0 unspecified atom stereocenters. The molecule has 2 fully saturated rings. The topological polar surface area (TPSA) is 0 Å². The fourth-order valence-electron chi connectivity index (χ4n) is 4.50. The third-order valence-electron chi connectivity index (χ3n) is 5.96. The smallest absolute Gasteiger partial charge is 0.159 e. The van der Waals surface area contributed by atoms with E-state index < -0.39 is 11.6 Å². The van der Waals surface area contributed by atoms with Crippen molar-refractivity contribution in [1.29, 1.82) is 0 Å². The number of rotatable bonds is 3. The maximum absolute atomic E-state index is 13.4. The predicted octanol–water partition coefficient (Wildman–Crippen LogP) is 6.44. The van der Waals surface area contributed by atoms with Gasteiger partial charge in [0.15, 0.2) is 11.6 Å². The van der Waals surface area contributed by atoms with E-state index in [1.54, 1.807) is 6.07 Å². The first-order valence-electron chi connectivity index (χ1n) is 8.68. The first-order valence-corrected chi connectivity index (χ1v) is 9.80. The van der Waals surface area contributed by atoms with Crippen molar-refractivity contribution in [2.45, 2.75) is 57.3 Å². The van der Waals surface area contributed by atoms with Gasteiger partial charge in [-0.3, -0.25) is 0 Å². The Morgan fingerprint density at radius 2 is 1.41 bits per heavy atom. The SMILES string of the molecule is Fc1ccc(C2CCC(C3CCC(CBr)CC3)CC2)cc1F. The van der Waals surface area contributed by atoms with Crippen LogP contribution in [0.5, 0.6) is 0 Å². The summed E-state index contributed by atoms with van der Waals surface area (Å²) in [6.45, 7) is 0. The average molecular weight is 371 g/mol. The zero-order chi connectivity index (χ0) is 15.5. The van der Waals surface area contributed by atoms with Crippen LogP contribution < -0.4 is 0 Å². The summed E-state index contributed by atoms with van der Waals surface area (Å²) in [5.41, 5.74) is 0.986. The van der Waals surface area contributed by atoms with Crippen molar-refractivity contribution in [2.24, 2.45) is 17.8 Å². The van der Waals surface area contributed by atoms with E-state index in [1.807, 2.05) is 0 Å². The third-order valence-corrected chi connectivity index (χ3v) is 6.88. The second-order valence-corrected chi connectivity index (χ2v) is 7.87. The lowest BCUT2D eigenvalue weighted by Crippen LogP contribution is -2.25. The molecule has 3 heteroatoms. The van der Waals surface area contributed by atoms with Crippen LogP contribution in [0, 0.1) is 29.4 Å². The summed E-state index contributed by atoms with van der Waals surface area (Å²) in [5.74, 6) is 1.63. The Morgan fingerprint density at radius 1 is 0.818 bits per heavy atom. The molecule has 0 bridgehead atoms. The molecule has 0 radical (unpaired) electrons. The number of hydrogen-bond donors (Lipinski definition) is 0. The monoisotopic (exact) mass is 370 g/mol. The zero-order valence-corrected chi connectivity index (χ0v) is 14.6. The fourth-order valence-corrected chi connectivity index (χ4v) is 5.15. The van der Waals surface area contributed by atoms with Crippen molar-refractivity contribution in [1.82, 2.24) is 0 Å². The zero-order valence-electron chi connectivity index (χ0n) is 13.0. The molecular weight excluding hydrogens is 346 g/mol. The molecule has 3 rings (SSSR count). The summed E-state index contributed by atoms with van der Waals surface area (Å²) in [5, 5.41) is 1.16. The van der Waals surface area contributed by atoms with Crippen LogP contribution >= 0.6 is 15.9 Å². The summed E-state index contributed by atoms with van der Waals surface area (Å²) in [6, 6.07) is 4.45. The molecule has 0 heterocycles. The lowest BCUT2D eigenvalue weighted by molar-refractivity contribution is 0.166. The highest BCUT2D eigenvalue weighted by Crippen LogP contribution is 2.44. The van der Waals surface area contributed by atoms with Gasteiger partial charge in [0.25, 0.3) is 0 Å². The average Bonchev–Trinajstić information content (AvgIpc) is 2.58. The quantitative estimate of drug-likeness (QED) is 0.537. The summed E-state index contributed by atoms with van der Waals surface area (Å²) >= 11 is 3.61. The van der Waals surface area contributed by atoms with Crippen LogP contribution in [0.15, 0.2) is 18.2 Å². The summed E-state index contributed by atoms with van der Waals surface area (Å²) in [7, 11) is 0. The molecule has 1 aromatic carbocycles.